The van der Waals surface area contributed by atoms with E-state index >= 15 is 0 Å². The van der Waals surface area contributed by atoms with Crippen molar-refractivity contribution < 1.29 is 0 Å². The minimum absolute atomic E-state index is 0.562. The highest BCUT2D eigenvalue weighted by Crippen LogP contribution is 2.39. The van der Waals surface area contributed by atoms with Gasteiger partial charge < -0.3 is 10.6 Å². The lowest BCUT2D eigenvalue weighted by atomic mass is 10.3. The van der Waals surface area contributed by atoms with E-state index in [1.807, 2.05) is 6.07 Å². The number of thiophene rings is 1. The van der Waals surface area contributed by atoms with Crippen LogP contribution in [-0.2, 0) is 0 Å². The van der Waals surface area contributed by atoms with Gasteiger partial charge in [-0.25, -0.2) is 9.97 Å². The van der Waals surface area contributed by atoms with E-state index in [2.05, 4.69) is 44.4 Å². The summed E-state index contributed by atoms with van der Waals surface area (Å²) in [7, 11) is 0. The summed E-state index contributed by atoms with van der Waals surface area (Å²) in [6.45, 7) is 2.95. The number of hydrogen-bond acceptors (Lipinski definition) is 5. The van der Waals surface area contributed by atoms with Crippen LogP contribution in [0.2, 0.25) is 0 Å². The zero-order valence-corrected chi connectivity index (χ0v) is 11.1. The molecular weight excluding hydrogens is 244 g/mol. The molecule has 2 aromatic rings. The normalized spacial score (nSPS) is 14.5. The van der Waals surface area contributed by atoms with Gasteiger partial charge in [-0.05, 0) is 31.2 Å². The van der Waals surface area contributed by atoms with Crippen molar-refractivity contribution in [1.82, 2.24) is 9.97 Å². The second-order valence-electron chi connectivity index (χ2n) is 4.44. The van der Waals surface area contributed by atoms with Gasteiger partial charge in [0.25, 0.3) is 0 Å². The van der Waals surface area contributed by atoms with E-state index in [9.17, 15) is 0 Å². The molecule has 5 heteroatoms. The van der Waals surface area contributed by atoms with Crippen molar-refractivity contribution in [2.24, 2.45) is 0 Å². The molecule has 0 spiro atoms. The maximum absolute atomic E-state index is 4.59. The Balaban J connectivity index is 1.87. The third-order valence-electron chi connectivity index (χ3n) is 2.84. The largest absolute Gasteiger partial charge is 0.370 e. The van der Waals surface area contributed by atoms with Gasteiger partial charge in [-0.2, -0.15) is 11.3 Å². The highest BCUT2D eigenvalue weighted by atomic mass is 32.1. The zero-order chi connectivity index (χ0) is 12.4. The Labute approximate surface area is 110 Å². The maximum atomic E-state index is 4.59. The topological polar surface area (TPSA) is 49.8 Å². The Hall–Kier alpha value is -1.62. The third-order valence-corrected chi connectivity index (χ3v) is 3.52. The van der Waals surface area contributed by atoms with Crippen molar-refractivity contribution in [2.75, 3.05) is 17.2 Å². The van der Waals surface area contributed by atoms with Gasteiger partial charge in [0.2, 0.25) is 0 Å². The quantitative estimate of drug-likeness (QED) is 0.862. The summed E-state index contributed by atoms with van der Waals surface area (Å²) in [6, 6.07) is 4.02. The van der Waals surface area contributed by atoms with Gasteiger partial charge in [-0.1, -0.05) is 0 Å². The molecule has 3 rings (SSSR count). The molecule has 2 heterocycles. The molecule has 2 N–H and O–H groups in total. The summed E-state index contributed by atoms with van der Waals surface area (Å²) in [5.74, 6) is 3.31. The van der Waals surface area contributed by atoms with Gasteiger partial charge in [-0.3, -0.25) is 0 Å². The molecule has 18 heavy (non-hydrogen) atoms. The number of hydrogen-bond donors (Lipinski definition) is 2. The first-order valence-corrected chi connectivity index (χ1v) is 7.21. The van der Waals surface area contributed by atoms with E-state index in [4.69, 9.17) is 0 Å². The molecule has 0 radical (unpaired) electrons. The zero-order valence-electron chi connectivity index (χ0n) is 10.3. The number of anilines is 3. The smallest absolute Gasteiger partial charge is 0.136 e. The van der Waals surface area contributed by atoms with Crippen LogP contribution in [0.1, 0.15) is 31.5 Å². The van der Waals surface area contributed by atoms with Crippen molar-refractivity contribution in [3.63, 3.8) is 0 Å². The van der Waals surface area contributed by atoms with Crippen LogP contribution >= 0.6 is 11.3 Å². The minimum atomic E-state index is 0.562. The van der Waals surface area contributed by atoms with Gasteiger partial charge in [0.1, 0.15) is 17.5 Å². The van der Waals surface area contributed by atoms with Gasteiger partial charge in [-0.15, -0.1) is 0 Å². The fourth-order valence-electron chi connectivity index (χ4n) is 1.81. The average Bonchev–Trinajstić information content (AvgIpc) is 3.09. The van der Waals surface area contributed by atoms with Crippen LogP contribution in [0.3, 0.4) is 0 Å². The molecule has 1 aliphatic carbocycles. The van der Waals surface area contributed by atoms with Crippen molar-refractivity contribution in [1.29, 1.82) is 0 Å². The molecule has 0 amide bonds. The summed E-state index contributed by atoms with van der Waals surface area (Å²) < 4.78 is 0. The lowest BCUT2D eigenvalue weighted by Gasteiger charge is -2.09. The van der Waals surface area contributed by atoms with Gasteiger partial charge in [0.05, 0.1) is 5.69 Å². The Morgan fingerprint density at radius 1 is 1.33 bits per heavy atom. The van der Waals surface area contributed by atoms with E-state index < -0.39 is 0 Å². The number of aromatic nitrogens is 2. The first kappa shape index (κ1) is 11.5. The Morgan fingerprint density at radius 3 is 2.83 bits per heavy atom. The van der Waals surface area contributed by atoms with E-state index in [-0.39, 0.29) is 0 Å². The van der Waals surface area contributed by atoms with E-state index in [1.165, 1.54) is 12.8 Å². The number of nitrogens with one attached hydrogen (secondary N) is 2. The standard InChI is InChI=1S/C13H16N4S/c1-2-14-11-7-12(15-10-5-6-18-8-10)17-13(16-11)9-3-4-9/h5-9H,2-4H2,1H3,(H2,14,15,16,17). The first-order valence-electron chi connectivity index (χ1n) is 6.27. The monoisotopic (exact) mass is 260 g/mol. The summed E-state index contributed by atoms with van der Waals surface area (Å²) in [5, 5.41) is 10.7. The Morgan fingerprint density at radius 2 is 2.17 bits per heavy atom. The van der Waals surface area contributed by atoms with E-state index in [1.54, 1.807) is 11.3 Å². The Bertz CT molecular complexity index is 520. The van der Waals surface area contributed by atoms with Crippen LogP contribution in [0, 0.1) is 0 Å². The molecule has 0 aromatic carbocycles. The van der Waals surface area contributed by atoms with Crippen molar-refractivity contribution in [3.05, 3.63) is 28.7 Å². The van der Waals surface area contributed by atoms with E-state index in [0.29, 0.717) is 5.92 Å². The van der Waals surface area contributed by atoms with Crippen LogP contribution in [0.5, 0.6) is 0 Å². The van der Waals surface area contributed by atoms with Crippen LogP contribution in [0.25, 0.3) is 0 Å². The molecule has 0 saturated heterocycles. The third kappa shape index (κ3) is 2.61. The lowest BCUT2D eigenvalue weighted by Crippen LogP contribution is -2.05. The van der Waals surface area contributed by atoms with Crippen LogP contribution in [0.15, 0.2) is 22.9 Å². The van der Waals surface area contributed by atoms with Gasteiger partial charge in [0, 0.05) is 23.9 Å². The molecular formula is C13H16N4S. The van der Waals surface area contributed by atoms with Gasteiger partial charge >= 0.3 is 0 Å². The molecule has 94 valence electrons. The average molecular weight is 260 g/mol. The SMILES string of the molecule is CCNc1cc(Nc2ccsc2)nc(C2CC2)n1. The summed E-state index contributed by atoms with van der Waals surface area (Å²) >= 11 is 1.67. The van der Waals surface area contributed by atoms with Crippen LogP contribution in [0.4, 0.5) is 17.3 Å². The maximum Gasteiger partial charge on any atom is 0.136 e. The van der Waals surface area contributed by atoms with E-state index in [0.717, 1.165) is 29.7 Å². The highest BCUT2D eigenvalue weighted by molar-refractivity contribution is 7.08. The van der Waals surface area contributed by atoms with Crippen molar-refractivity contribution in [3.8, 4) is 0 Å². The molecule has 1 saturated carbocycles. The minimum Gasteiger partial charge on any atom is -0.370 e. The van der Waals surface area contributed by atoms with Crippen molar-refractivity contribution in [2.45, 2.75) is 25.7 Å². The van der Waals surface area contributed by atoms with Crippen LogP contribution < -0.4 is 10.6 Å². The second-order valence-corrected chi connectivity index (χ2v) is 5.22. The van der Waals surface area contributed by atoms with Crippen LogP contribution in [-0.4, -0.2) is 16.5 Å². The lowest BCUT2D eigenvalue weighted by molar-refractivity contribution is 0.927. The predicted octanol–water partition coefficient (Wildman–Crippen LogP) is 3.59. The molecule has 0 unspecified atom stereocenters. The Kier molecular flexibility index (Phi) is 3.15. The van der Waals surface area contributed by atoms with Gasteiger partial charge in [0.15, 0.2) is 0 Å². The molecule has 4 nitrogen and oxygen atoms in total. The number of rotatable bonds is 5. The summed E-state index contributed by atoms with van der Waals surface area (Å²) in [5.41, 5.74) is 1.09. The molecule has 0 atom stereocenters. The fourth-order valence-corrected chi connectivity index (χ4v) is 2.40. The predicted molar refractivity (Wildman–Crippen MR) is 75.8 cm³/mol. The molecule has 0 aliphatic heterocycles. The first-order chi connectivity index (χ1) is 8.85. The molecule has 1 fully saturated rings. The fraction of sp³-hybridized carbons (Fsp3) is 0.385. The van der Waals surface area contributed by atoms with Crippen molar-refractivity contribution >= 4 is 28.7 Å². The molecule has 1 aliphatic rings. The highest BCUT2D eigenvalue weighted by Gasteiger charge is 2.27. The summed E-state index contributed by atoms with van der Waals surface area (Å²) in [4.78, 5) is 9.15. The molecule has 2 aromatic heterocycles. The molecule has 0 bridgehead atoms. The second kappa shape index (κ2) is 4.94. The summed E-state index contributed by atoms with van der Waals surface area (Å²) in [6.07, 6.45) is 2.43. The number of nitrogens with zero attached hydrogens (tertiary/aromatic N) is 2.